The quantitative estimate of drug-likeness (QED) is 0.738. The zero-order chi connectivity index (χ0) is 19.6. The van der Waals surface area contributed by atoms with Crippen LogP contribution in [0.4, 0.5) is 0 Å². The van der Waals surface area contributed by atoms with E-state index in [-0.39, 0.29) is 17.9 Å². The number of carbonyl (C=O) groups excluding carboxylic acids is 1. The molecule has 2 aromatic rings. The highest BCUT2D eigenvalue weighted by molar-refractivity contribution is 6.30. The highest BCUT2D eigenvalue weighted by atomic mass is 35.5. The smallest absolute Gasteiger partial charge is 0.326 e. The van der Waals surface area contributed by atoms with Gasteiger partial charge in [0.1, 0.15) is 6.04 Å². The molecule has 3 rings (SSSR count). The first-order valence-electron chi connectivity index (χ1n) is 8.90. The molecule has 0 aliphatic carbocycles. The number of amides is 1. The van der Waals surface area contributed by atoms with Gasteiger partial charge >= 0.3 is 5.97 Å². The van der Waals surface area contributed by atoms with E-state index in [0.717, 1.165) is 16.7 Å². The Labute approximate surface area is 163 Å². The van der Waals surface area contributed by atoms with Crippen LogP contribution in [0.5, 0.6) is 0 Å². The van der Waals surface area contributed by atoms with Crippen LogP contribution in [-0.2, 0) is 28.0 Å². The molecule has 2 unspecified atom stereocenters. The number of hydrogen-bond donors (Lipinski definition) is 3. The third-order valence-electron chi connectivity index (χ3n) is 4.93. The topological polar surface area (TPSA) is 78.4 Å². The Kier molecular flexibility index (Phi) is 5.53. The van der Waals surface area contributed by atoms with E-state index >= 15 is 0 Å². The zero-order valence-corrected chi connectivity index (χ0v) is 16.1. The van der Waals surface area contributed by atoms with Crippen LogP contribution in [0.25, 0.3) is 0 Å². The van der Waals surface area contributed by atoms with Gasteiger partial charge in [-0.3, -0.25) is 10.1 Å². The van der Waals surface area contributed by atoms with Crippen molar-refractivity contribution >= 4 is 23.5 Å². The largest absolute Gasteiger partial charge is 0.480 e. The maximum Gasteiger partial charge on any atom is 0.326 e. The predicted molar refractivity (Wildman–Crippen MR) is 105 cm³/mol. The second-order valence-corrected chi connectivity index (χ2v) is 7.85. The van der Waals surface area contributed by atoms with Gasteiger partial charge in [-0.1, -0.05) is 48.0 Å². The van der Waals surface area contributed by atoms with Gasteiger partial charge in [-0.05, 0) is 49.1 Å². The molecular weight excluding hydrogens is 364 g/mol. The lowest BCUT2D eigenvalue weighted by molar-refractivity contribution is -0.142. The van der Waals surface area contributed by atoms with E-state index in [9.17, 15) is 14.7 Å². The first kappa shape index (κ1) is 19.4. The SMILES string of the molecule is CC1(C)NC(C(=O)NC(Cc2ccc(Cl)cc2)C(=O)O)Cc2ccccc21. The molecule has 1 amide bonds. The Hall–Kier alpha value is -2.37. The van der Waals surface area contributed by atoms with Gasteiger partial charge in [0.15, 0.2) is 0 Å². The summed E-state index contributed by atoms with van der Waals surface area (Å²) in [5.41, 5.74) is 2.69. The van der Waals surface area contributed by atoms with E-state index in [0.29, 0.717) is 11.4 Å². The summed E-state index contributed by atoms with van der Waals surface area (Å²) in [6, 6.07) is 13.5. The molecule has 1 aliphatic heterocycles. The lowest BCUT2D eigenvalue weighted by Crippen LogP contribution is -2.58. The fourth-order valence-corrected chi connectivity index (χ4v) is 3.71. The van der Waals surface area contributed by atoms with Gasteiger partial charge in [0.25, 0.3) is 0 Å². The lowest BCUT2D eigenvalue weighted by atomic mass is 9.82. The minimum absolute atomic E-state index is 0.199. The number of carbonyl (C=O) groups is 2. The molecule has 2 aromatic carbocycles. The van der Waals surface area contributed by atoms with Crippen LogP contribution in [0.15, 0.2) is 48.5 Å². The summed E-state index contributed by atoms with van der Waals surface area (Å²) in [5.74, 6) is -1.37. The third-order valence-corrected chi connectivity index (χ3v) is 5.19. The fraction of sp³-hybridized carbons (Fsp3) is 0.333. The monoisotopic (exact) mass is 386 g/mol. The van der Waals surface area contributed by atoms with Gasteiger partial charge < -0.3 is 10.4 Å². The van der Waals surface area contributed by atoms with Gasteiger partial charge in [0, 0.05) is 17.0 Å². The van der Waals surface area contributed by atoms with Gasteiger partial charge in [-0.15, -0.1) is 0 Å². The zero-order valence-electron chi connectivity index (χ0n) is 15.3. The summed E-state index contributed by atoms with van der Waals surface area (Å²) in [6.45, 7) is 4.04. The first-order chi connectivity index (χ1) is 12.8. The van der Waals surface area contributed by atoms with Gasteiger partial charge in [-0.2, -0.15) is 0 Å². The molecule has 3 N–H and O–H groups in total. The molecule has 0 spiro atoms. The minimum Gasteiger partial charge on any atom is -0.480 e. The lowest BCUT2D eigenvalue weighted by Gasteiger charge is -2.38. The van der Waals surface area contributed by atoms with E-state index in [4.69, 9.17) is 11.6 Å². The number of nitrogens with one attached hydrogen (secondary N) is 2. The fourth-order valence-electron chi connectivity index (χ4n) is 3.58. The van der Waals surface area contributed by atoms with Crippen LogP contribution < -0.4 is 10.6 Å². The number of halogens is 1. The van der Waals surface area contributed by atoms with Crippen LogP contribution in [0.2, 0.25) is 5.02 Å². The van der Waals surface area contributed by atoms with Gasteiger partial charge in [-0.25, -0.2) is 4.79 Å². The van der Waals surface area contributed by atoms with E-state index < -0.39 is 18.1 Å². The summed E-state index contributed by atoms with van der Waals surface area (Å²) in [5, 5.41) is 16.1. The molecule has 1 heterocycles. The summed E-state index contributed by atoms with van der Waals surface area (Å²) in [7, 11) is 0. The maximum absolute atomic E-state index is 12.8. The molecule has 0 bridgehead atoms. The minimum atomic E-state index is -1.06. The molecule has 1 aliphatic rings. The number of hydrogen-bond acceptors (Lipinski definition) is 3. The Morgan fingerprint density at radius 1 is 1.22 bits per heavy atom. The molecule has 0 aromatic heterocycles. The molecule has 2 atom stereocenters. The maximum atomic E-state index is 12.8. The van der Waals surface area contributed by atoms with E-state index in [1.807, 2.05) is 32.0 Å². The van der Waals surface area contributed by atoms with Crippen molar-refractivity contribution in [2.45, 2.75) is 44.3 Å². The van der Waals surface area contributed by atoms with Crippen molar-refractivity contribution in [3.63, 3.8) is 0 Å². The van der Waals surface area contributed by atoms with Crippen LogP contribution in [-0.4, -0.2) is 29.1 Å². The number of fused-ring (bicyclic) bond motifs is 1. The van der Waals surface area contributed by atoms with Gasteiger partial charge in [0.05, 0.1) is 6.04 Å². The van der Waals surface area contributed by atoms with E-state index in [1.54, 1.807) is 24.3 Å². The van der Waals surface area contributed by atoms with E-state index in [2.05, 4.69) is 16.7 Å². The Morgan fingerprint density at radius 3 is 2.56 bits per heavy atom. The van der Waals surface area contributed by atoms with E-state index in [1.165, 1.54) is 0 Å². The highest BCUT2D eigenvalue weighted by Gasteiger charge is 2.36. The third kappa shape index (κ3) is 4.49. The first-order valence-corrected chi connectivity index (χ1v) is 9.28. The molecule has 6 heteroatoms. The summed E-state index contributed by atoms with van der Waals surface area (Å²) in [6.07, 6.45) is 0.726. The normalized spacial score (nSPS) is 19.0. The van der Waals surface area contributed by atoms with Crippen molar-refractivity contribution < 1.29 is 14.7 Å². The van der Waals surface area contributed by atoms with Crippen molar-refractivity contribution in [1.82, 2.24) is 10.6 Å². The van der Waals surface area contributed by atoms with Crippen LogP contribution in [0.3, 0.4) is 0 Å². The molecule has 0 saturated heterocycles. The van der Waals surface area contributed by atoms with Crippen LogP contribution >= 0.6 is 11.6 Å². The number of carboxylic acid groups (broad SMARTS) is 1. The molecule has 0 fully saturated rings. The van der Waals surface area contributed by atoms with Crippen molar-refractivity contribution in [2.75, 3.05) is 0 Å². The summed E-state index contributed by atoms with van der Waals surface area (Å²) >= 11 is 5.87. The van der Waals surface area contributed by atoms with Crippen molar-refractivity contribution in [2.24, 2.45) is 0 Å². The van der Waals surface area contributed by atoms with Crippen LogP contribution in [0, 0.1) is 0 Å². The Morgan fingerprint density at radius 2 is 1.89 bits per heavy atom. The number of benzene rings is 2. The Balaban J connectivity index is 1.73. The molecule has 27 heavy (non-hydrogen) atoms. The second kappa shape index (κ2) is 7.71. The van der Waals surface area contributed by atoms with Crippen molar-refractivity contribution in [3.05, 3.63) is 70.2 Å². The summed E-state index contributed by atoms with van der Waals surface area (Å²) < 4.78 is 0. The number of aliphatic carboxylic acids is 1. The Bertz CT molecular complexity index is 849. The number of rotatable bonds is 5. The van der Waals surface area contributed by atoms with Crippen molar-refractivity contribution in [3.8, 4) is 0 Å². The summed E-state index contributed by atoms with van der Waals surface area (Å²) in [4.78, 5) is 24.5. The molecular formula is C21H23ClN2O3. The number of carboxylic acids is 1. The average molecular weight is 387 g/mol. The van der Waals surface area contributed by atoms with Crippen LogP contribution in [0.1, 0.15) is 30.5 Å². The standard InChI is InChI=1S/C21H23ClN2O3/c1-21(2)16-6-4-3-5-14(16)12-17(24-21)19(25)23-18(20(26)27)11-13-7-9-15(22)10-8-13/h3-10,17-18,24H,11-12H2,1-2H3,(H,23,25)(H,26,27). The molecule has 5 nitrogen and oxygen atoms in total. The molecule has 142 valence electrons. The average Bonchev–Trinajstić information content (AvgIpc) is 2.62. The highest BCUT2D eigenvalue weighted by Crippen LogP contribution is 2.30. The second-order valence-electron chi connectivity index (χ2n) is 7.41. The van der Waals surface area contributed by atoms with Gasteiger partial charge in [0.2, 0.25) is 5.91 Å². The molecule has 0 saturated carbocycles. The van der Waals surface area contributed by atoms with Crippen molar-refractivity contribution in [1.29, 1.82) is 0 Å². The molecule has 0 radical (unpaired) electrons. The predicted octanol–water partition coefficient (Wildman–Crippen LogP) is 2.90.